The van der Waals surface area contributed by atoms with E-state index in [-0.39, 0.29) is 5.41 Å². The van der Waals surface area contributed by atoms with Gasteiger partial charge in [-0.15, -0.1) is 11.7 Å². The Labute approximate surface area is 86.7 Å². The van der Waals surface area contributed by atoms with Crippen molar-refractivity contribution in [2.24, 2.45) is 15.6 Å². The van der Waals surface area contributed by atoms with E-state index in [1.165, 1.54) is 15.7 Å². The maximum absolute atomic E-state index is 4.23. The molecule has 0 bridgehead atoms. The molecule has 1 unspecified atom stereocenters. The number of rotatable bonds is 1. The summed E-state index contributed by atoms with van der Waals surface area (Å²) in [4.78, 5) is 1.17. The van der Waals surface area contributed by atoms with Crippen LogP contribution < -0.4 is 0 Å². The lowest BCUT2D eigenvalue weighted by Crippen LogP contribution is -2.22. The van der Waals surface area contributed by atoms with Crippen molar-refractivity contribution in [2.75, 3.05) is 0 Å². The molecule has 0 aromatic carbocycles. The number of allylic oxidation sites excluding steroid dienone is 4. The van der Waals surface area contributed by atoms with Gasteiger partial charge in [-0.05, 0) is 19.4 Å². The fourth-order valence-corrected chi connectivity index (χ4v) is 2.76. The van der Waals surface area contributed by atoms with Gasteiger partial charge in [0.2, 0.25) is 0 Å². The Hall–Kier alpha value is -0.480. The number of hydrogen-bond donors (Lipinski definition) is 1. The van der Waals surface area contributed by atoms with Crippen LogP contribution in [0, 0.1) is 5.41 Å². The van der Waals surface area contributed by atoms with Gasteiger partial charge in [-0.25, -0.2) is 0 Å². The van der Waals surface area contributed by atoms with Gasteiger partial charge >= 0.3 is 0 Å². The monoisotopic (exact) mass is 210 g/mol. The van der Waals surface area contributed by atoms with Crippen LogP contribution in [0.2, 0.25) is 0 Å². The molecule has 0 fully saturated rings. The van der Waals surface area contributed by atoms with Crippen LogP contribution in [0.25, 0.3) is 0 Å². The van der Waals surface area contributed by atoms with E-state index in [9.17, 15) is 0 Å². The highest BCUT2D eigenvalue weighted by Gasteiger charge is 2.35. The molecular weight excluding hydrogens is 200 g/mol. The lowest BCUT2D eigenvalue weighted by molar-refractivity contribution is 0.485. The Morgan fingerprint density at radius 1 is 1.62 bits per heavy atom. The smallest absolute Gasteiger partial charge is 0.0742 e. The van der Waals surface area contributed by atoms with Crippen LogP contribution in [0.1, 0.15) is 13.3 Å². The van der Waals surface area contributed by atoms with Gasteiger partial charge in [-0.3, -0.25) is 0 Å². The largest absolute Gasteiger partial charge is 0.158 e. The zero-order valence-corrected chi connectivity index (χ0v) is 8.98. The molecule has 0 saturated heterocycles. The summed E-state index contributed by atoms with van der Waals surface area (Å²) in [5.41, 5.74) is 1.04. The normalized spacial score (nSPS) is 30.9. The van der Waals surface area contributed by atoms with Gasteiger partial charge in [-0.2, -0.15) is 10.2 Å². The van der Waals surface area contributed by atoms with Crippen LogP contribution in [0.3, 0.4) is 0 Å². The zero-order chi connectivity index (χ0) is 9.31. The van der Waals surface area contributed by atoms with E-state index >= 15 is 0 Å². The first-order chi connectivity index (χ1) is 6.27. The number of fused-ring (bicyclic) bond motifs is 1. The van der Waals surface area contributed by atoms with Gasteiger partial charge in [0.25, 0.3) is 0 Å². The third kappa shape index (κ3) is 1.38. The van der Waals surface area contributed by atoms with E-state index in [2.05, 4.69) is 34.9 Å². The first kappa shape index (κ1) is 9.09. The average Bonchev–Trinajstić information content (AvgIpc) is 2.16. The average molecular weight is 210 g/mol. The summed E-state index contributed by atoms with van der Waals surface area (Å²) in [5.74, 6) is 0. The van der Waals surface area contributed by atoms with Crippen molar-refractivity contribution >= 4 is 22.5 Å². The van der Waals surface area contributed by atoms with Crippen LogP contribution in [-0.2, 0) is 0 Å². The molecule has 4 heteroatoms. The highest BCUT2D eigenvalue weighted by molar-refractivity contribution is 8.70. The van der Waals surface area contributed by atoms with Crippen LogP contribution in [-0.4, -0.2) is 0 Å². The Morgan fingerprint density at radius 3 is 3.23 bits per heavy atom. The van der Waals surface area contributed by atoms with Crippen molar-refractivity contribution in [2.45, 2.75) is 13.3 Å². The molecule has 1 aliphatic heterocycles. The zero-order valence-electron chi connectivity index (χ0n) is 7.27. The number of thiol groups is 1. The van der Waals surface area contributed by atoms with E-state index in [1.807, 2.05) is 12.2 Å². The van der Waals surface area contributed by atoms with Crippen molar-refractivity contribution in [3.05, 3.63) is 35.0 Å². The van der Waals surface area contributed by atoms with Gasteiger partial charge in [0.05, 0.1) is 11.9 Å². The maximum Gasteiger partial charge on any atom is 0.0742 e. The molecule has 0 spiro atoms. The van der Waals surface area contributed by atoms with E-state index in [0.29, 0.717) is 0 Å². The third-order valence-electron chi connectivity index (χ3n) is 2.46. The van der Waals surface area contributed by atoms with Crippen LogP contribution in [0.4, 0.5) is 0 Å². The molecule has 0 saturated carbocycles. The predicted octanol–water partition coefficient (Wildman–Crippen LogP) is 3.72. The second-order valence-corrected chi connectivity index (χ2v) is 4.49. The minimum absolute atomic E-state index is 0.00289. The first-order valence-corrected chi connectivity index (χ1v) is 5.94. The van der Waals surface area contributed by atoms with Crippen LogP contribution >= 0.6 is 22.5 Å². The third-order valence-corrected chi connectivity index (χ3v) is 3.81. The Kier molecular flexibility index (Phi) is 2.34. The quantitative estimate of drug-likeness (QED) is 0.517. The van der Waals surface area contributed by atoms with Crippen LogP contribution in [0.5, 0.6) is 0 Å². The minimum Gasteiger partial charge on any atom is -0.158 e. The standard InChI is InChI=1S/C9H10N2S2/c1-9-5-3-2-4-7(9)11-10-6-8(9)13-12/h2-4,6,12H,5H2,1H3. The summed E-state index contributed by atoms with van der Waals surface area (Å²) >= 11 is 4.23. The van der Waals surface area contributed by atoms with E-state index in [4.69, 9.17) is 0 Å². The molecule has 0 radical (unpaired) electrons. The molecule has 1 aliphatic carbocycles. The molecule has 1 atom stereocenters. The lowest BCUT2D eigenvalue weighted by Gasteiger charge is -2.32. The second-order valence-electron chi connectivity index (χ2n) is 3.32. The molecule has 0 aromatic heterocycles. The van der Waals surface area contributed by atoms with E-state index in [0.717, 1.165) is 12.1 Å². The van der Waals surface area contributed by atoms with Crippen molar-refractivity contribution in [3.63, 3.8) is 0 Å². The molecule has 2 nitrogen and oxygen atoms in total. The van der Waals surface area contributed by atoms with Gasteiger partial charge in [-0.1, -0.05) is 22.9 Å². The summed E-state index contributed by atoms with van der Waals surface area (Å²) in [5, 5.41) is 8.08. The first-order valence-electron chi connectivity index (χ1n) is 4.07. The number of azo groups is 1. The fraction of sp³-hybridized carbons (Fsp3) is 0.333. The summed E-state index contributed by atoms with van der Waals surface area (Å²) in [6.07, 6.45) is 8.99. The number of nitrogens with zero attached hydrogens (tertiary/aromatic N) is 2. The highest BCUT2D eigenvalue weighted by Crippen LogP contribution is 2.49. The van der Waals surface area contributed by atoms with Crippen molar-refractivity contribution in [1.82, 2.24) is 0 Å². The molecule has 2 aliphatic rings. The summed E-state index contributed by atoms with van der Waals surface area (Å²) in [6, 6.07) is 0. The fourth-order valence-electron chi connectivity index (χ4n) is 1.53. The van der Waals surface area contributed by atoms with Crippen LogP contribution in [0.15, 0.2) is 45.3 Å². The predicted molar refractivity (Wildman–Crippen MR) is 59.5 cm³/mol. The summed E-state index contributed by atoms with van der Waals surface area (Å²) in [6.45, 7) is 2.18. The van der Waals surface area contributed by atoms with Crippen molar-refractivity contribution < 1.29 is 0 Å². The molecule has 0 amide bonds. The summed E-state index contributed by atoms with van der Waals surface area (Å²) < 4.78 is 0. The van der Waals surface area contributed by atoms with E-state index in [1.54, 1.807) is 6.20 Å². The summed E-state index contributed by atoms with van der Waals surface area (Å²) in [7, 11) is 1.46. The molecule has 0 N–H and O–H groups in total. The number of hydrogen-bond acceptors (Lipinski definition) is 4. The van der Waals surface area contributed by atoms with Gasteiger partial charge < -0.3 is 0 Å². The maximum atomic E-state index is 4.23. The Bertz CT molecular complexity index is 342. The van der Waals surface area contributed by atoms with Gasteiger partial charge in [0.15, 0.2) is 0 Å². The van der Waals surface area contributed by atoms with E-state index < -0.39 is 0 Å². The highest BCUT2D eigenvalue weighted by atomic mass is 33.1. The topological polar surface area (TPSA) is 24.7 Å². The molecular formula is C9H10N2S2. The van der Waals surface area contributed by atoms with Crippen molar-refractivity contribution in [3.8, 4) is 0 Å². The molecule has 0 aromatic rings. The second kappa shape index (κ2) is 3.35. The SMILES string of the molecule is CC12CC=CC=C1N=NC=C2SS. The molecule has 2 rings (SSSR count). The Balaban J connectivity index is 2.45. The minimum atomic E-state index is 0.00289. The molecule has 68 valence electrons. The van der Waals surface area contributed by atoms with Gasteiger partial charge in [0, 0.05) is 10.3 Å². The van der Waals surface area contributed by atoms with Crippen molar-refractivity contribution in [1.29, 1.82) is 0 Å². The lowest BCUT2D eigenvalue weighted by atomic mass is 9.80. The molecule has 13 heavy (non-hydrogen) atoms. The Morgan fingerprint density at radius 2 is 2.46 bits per heavy atom. The molecule has 1 heterocycles. The van der Waals surface area contributed by atoms with Gasteiger partial charge in [0.1, 0.15) is 0 Å².